The molecular weight excluding hydrogens is 350 g/mol. The molecule has 1 aliphatic rings. The standard InChI is InChI=1S/C23H27N3O2/c1-18-5-3-4-6-21(18)17-25-13-15-26(16-14-25)22(27)12-9-19-7-10-20(11-8-19)23(28)24-2/h3-12H,13-17H2,1-2H3,(H,24,28)/b12-9+. The highest BCUT2D eigenvalue weighted by Gasteiger charge is 2.19. The minimum atomic E-state index is -0.116. The van der Waals surface area contributed by atoms with Gasteiger partial charge in [-0.05, 0) is 41.8 Å². The summed E-state index contributed by atoms with van der Waals surface area (Å²) in [4.78, 5) is 28.3. The Balaban J connectivity index is 1.50. The Morgan fingerprint density at radius 1 is 1.00 bits per heavy atom. The number of hydrogen-bond acceptors (Lipinski definition) is 3. The van der Waals surface area contributed by atoms with Gasteiger partial charge < -0.3 is 10.2 Å². The first-order valence-electron chi connectivity index (χ1n) is 9.63. The van der Waals surface area contributed by atoms with Crippen molar-refractivity contribution in [3.63, 3.8) is 0 Å². The van der Waals surface area contributed by atoms with Gasteiger partial charge in [-0.2, -0.15) is 0 Å². The monoisotopic (exact) mass is 377 g/mol. The van der Waals surface area contributed by atoms with Crippen LogP contribution in [0.5, 0.6) is 0 Å². The number of nitrogens with zero attached hydrogens (tertiary/aromatic N) is 2. The van der Waals surface area contributed by atoms with Gasteiger partial charge in [-0.25, -0.2) is 0 Å². The van der Waals surface area contributed by atoms with Crippen molar-refractivity contribution in [3.8, 4) is 0 Å². The lowest BCUT2D eigenvalue weighted by Gasteiger charge is -2.34. The molecule has 146 valence electrons. The maximum absolute atomic E-state index is 12.5. The molecule has 0 atom stereocenters. The van der Waals surface area contributed by atoms with Crippen LogP contribution in [0.15, 0.2) is 54.6 Å². The average Bonchev–Trinajstić information content (AvgIpc) is 2.74. The topological polar surface area (TPSA) is 52.7 Å². The Hall–Kier alpha value is -2.92. The Morgan fingerprint density at radius 2 is 1.68 bits per heavy atom. The normalized spacial score (nSPS) is 15.0. The molecule has 1 N–H and O–H groups in total. The fourth-order valence-electron chi connectivity index (χ4n) is 3.32. The molecule has 1 fully saturated rings. The van der Waals surface area contributed by atoms with Crippen LogP contribution in [0, 0.1) is 6.92 Å². The number of carbonyl (C=O) groups excluding carboxylic acids is 2. The fraction of sp³-hybridized carbons (Fsp3) is 0.304. The van der Waals surface area contributed by atoms with Crippen molar-refractivity contribution in [3.05, 3.63) is 76.9 Å². The maximum Gasteiger partial charge on any atom is 0.251 e. The highest BCUT2D eigenvalue weighted by Crippen LogP contribution is 2.13. The molecule has 0 saturated carbocycles. The number of nitrogens with one attached hydrogen (secondary N) is 1. The largest absolute Gasteiger partial charge is 0.355 e. The molecule has 1 aliphatic heterocycles. The molecule has 2 aromatic carbocycles. The first kappa shape index (κ1) is 19.8. The third kappa shape index (κ3) is 5.08. The molecule has 2 aromatic rings. The van der Waals surface area contributed by atoms with E-state index in [1.54, 1.807) is 31.3 Å². The number of hydrogen-bond donors (Lipinski definition) is 1. The molecule has 5 nitrogen and oxygen atoms in total. The molecule has 28 heavy (non-hydrogen) atoms. The second-order valence-corrected chi connectivity index (χ2v) is 7.06. The predicted octanol–water partition coefficient (Wildman–Crippen LogP) is 2.71. The van der Waals surface area contributed by atoms with Crippen molar-refractivity contribution in [2.24, 2.45) is 0 Å². The van der Waals surface area contributed by atoms with E-state index in [4.69, 9.17) is 0 Å². The van der Waals surface area contributed by atoms with E-state index in [0.29, 0.717) is 5.56 Å². The van der Waals surface area contributed by atoms with Gasteiger partial charge in [-0.1, -0.05) is 36.4 Å². The number of benzene rings is 2. The summed E-state index contributed by atoms with van der Waals surface area (Å²) in [6.07, 6.45) is 3.42. The van der Waals surface area contributed by atoms with Gasteiger partial charge in [0.15, 0.2) is 0 Å². The van der Waals surface area contributed by atoms with Crippen molar-refractivity contribution < 1.29 is 9.59 Å². The van der Waals surface area contributed by atoms with Crippen LogP contribution in [0.4, 0.5) is 0 Å². The summed E-state index contributed by atoms with van der Waals surface area (Å²) < 4.78 is 0. The van der Waals surface area contributed by atoms with Gasteiger partial charge in [-0.15, -0.1) is 0 Å². The first-order valence-corrected chi connectivity index (χ1v) is 9.63. The van der Waals surface area contributed by atoms with E-state index in [2.05, 4.69) is 41.4 Å². The van der Waals surface area contributed by atoms with Crippen molar-refractivity contribution in [1.29, 1.82) is 0 Å². The molecule has 0 aliphatic carbocycles. The van der Waals surface area contributed by atoms with Crippen LogP contribution in [0.2, 0.25) is 0 Å². The molecule has 3 rings (SSSR count). The molecular formula is C23H27N3O2. The molecule has 0 bridgehead atoms. The third-order valence-corrected chi connectivity index (χ3v) is 5.16. The van der Waals surface area contributed by atoms with E-state index in [1.165, 1.54) is 11.1 Å². The summed E-state index contributed by atoms with van der Waals surface area (Å²) in [6, 6.07) is 15.7. The Kier molecular flexibility index (Phi) is 6.61. The molecule has 5 heteroatoms. The number of carbonyl (C=O) groups is 2. The predicted molar refractivity (Wildman–Crippen MR) is 112 cm³/mol. The maximum atomic E-state index is 12.5. The Labute approximate surface area is 166 Å². The average molecular weight is 377 g/mol. The molecule has 0 radical (unpaired) electrons. The van der Waals surface area contributed by atoms with Crippen LogP contribution < -0.4 is 5.32 Å². The lowest BCUT2D eigenvalue weighted by atomic mass is 10.1. The number of piperazine rings is 1. The number of aryl methyl sites for hydroxylation is 1. The fourth-order valence-corrected chi connectivity index (χ4v) is 3.32. The SMILES string of the molecule is CNC(=O)c1ccc(/C=C/C(=O)N2CCN(Cc3ccccc3C)CC2)cc1. The minimum absolute atomic E-state index is 0.0333. The van der Waals surface area contributed by atoms with Gasteiger partial charge in [0.05, 0.1) is 0 Å². The second-order valence-electron chi connectivity index (χ2n) is 7.06. The quantitative estimate of drug-likeness (QED) is 0.815. The van der Waals surface area contributed by atoms with E-state index < -0.39 is 0 Å². The van der Waals surface area contributed by atoms with E-state index in [1.807, 2.05) is 17.0 Å². The van der Waals surface area contributed by atoms with E-state index in [-0.39, 0.29) is 11.8 Å². The zero-order valence-electron chi connectivity index (χ0n) is 16.5. The van der Waals surface area contributed by atoms with E-state index in [0.717, 1.165) is 38.3 Å². The summed E-state index contributed by atoms with van der Waals surface area (Å²) in [5.41, 5.74) is 4.17. The molecule has 2 amide bonds. The number of rotatable bonds is 5. The smallest absolute Gasteiger partial charge is 0.251 e. The summed E-state index contributed by atoms with van der Waals surface area (Å²) >= 11 is 0. The lowest BCUT2D eigenvalue weighted by molar-refractivity contribution is -0.127. The molecule has 1 heterocycles. The van der Waals surface area contributed by atoms with E-state index in [9.17, 15) is 9.59 Å². The van der Waals surface area contributed by atoms with Gasteiger partial charge in [-0.3, -0.25) is 14.5 Å². The van der Waals surface area contributed by atoms with Crippen LogP contribution in [-0.4, -0.2) is 54.8 Å². The van der Waals surface area contributed by atoms with Crippen LogP contribution in [0.3, 0.4) is 0 Å². The van der Waals surface area contributed by atoms with E-state index >= 15 is 0 Å². The van der Waals surface area contributed by atoms with Gasteiger partial charge in [0, 0.05) is 51.4 Å². The highest BCUT2D eigenvalue weighted by atomic mass is 16.2. The third-order valence-electron chi connectivity index (χ3n) is 5.16. The van der Waals surface area contributed by atoms with Crippen molar-refractivity contribution in [2.45, 2.75) is 13.5 Å². The van der Waals surface area contributed by atoms with Crippen molar-refractivity contribution >= 4 is 17.9 Å². The van der Waals surface area contributed by atoms with Crippen LogP contribution in [-0.2, 0) is 11.3 Å². The molecule has 1 saturated heterocycles. The Morgan fingerprint density at radius 3 is 2.32 bits per heavy atom. The lowest BCUT2D eigenvalue weighted by Crippen LogP contribution is -2.47. The molecule has 0 aromatic heterocycles. The summed E-state index contributed by atoms with van der Waals surface area (Å²) in [5.74, 6) is -0.0823. The van der Waals surface area contributed by atoms with Crippen LogP contribution in [0.25, 0.3) is 6.08 Å². The zero-order valence-corrected chi connectivity index (χ0v) is 16.5. The van der Waals surface area contributed by atoms with Gasteiger partial charge in [0.25, 0.3) is 5.91 Å². The van der Waals surface area contributed by atoms with Crippen LogP contribution >= 0.6 is 0 Å². The number of amides is 2. The zero-order chi connectivity index (χ0) is 19.9. The van der Waals surface area contributed by atoms with Crippen LogP contribution in [0.1, 0.15) is 27.0 Å². The van der Waals surface area contributed by atoms with Crippen molar-refractivity contribution in [1.82, 2.24) is 15.1 Å². The second kappa shape index (κ2) is 9.33. The summed E-state index contributed by atoms with van der Waals surface area (Å²) in [6.45, 7) is 6.32. The van der Waals surface area contributed by atoms with Gasteiger partial charge in [0.1, 0.15) is 0 Å². The highest BCUT2D eigenvalue weighted by molar-refractivity contribution is 5.94. The summed E-state index contributed by atoms with van der Waals surface area (Å²) in [7, 11) is 1.61. The minimum Gasteiger partial charge on any atom is -0.355 e. The van der Waals surface area contributed by atoms with Crippen molar-refractivity contribution in [2.75, 3.05) is 33.2 Å². The molecule has 0 unspecified atom stereocenters. The van der Waals surface area contributed by atoms with Gasteiger partial charge >= 0.3 is 0 Å². The molecule has 0 spiro atoms. The summed E-state index contributed by atoms with van der Waals surface area (Å²) in [5, 5.41) is 2.59. The Bertz CT molecular complexity index is 850. The van der Waals surface area contributed by atoms with Gasteiger partial charge in [0.2, 0.25) is 5.91 Å². The first-order chi connectivity index (χ1) is 13.6.